The third-order valence-corrected chi connectivity index (χ3v) is 15.4. The summed E-state index contributed by atoms with van der Waals surface area (Å²) in [7, 11) is 1.70. The summed E-state index contributed by atoms with van der Waals surface area (Å²) in [5.74, 6) is -0.301. The number of rotatable bonds is 60. The van der Waals surface area contributed by atoms with Gasteiger partial charge in [-0.15, -0.1) is 0 Å². The number of nitrogens with zero attached hydrogens (tertiary/aromatic N) is 1. The summed E-state index contributed by atoms with van der Waals surface area (Å²) < 4.78 is 35.3. The molecule has 1 unspecified atom stereocenters. The van der Waals surface area contributed by atoms with Crippen LogP contribution in [0.15, 0.2) is 0 Å². The molecule has 0 aromatic rings. The molecule has 0 radical (unpaired) electrons. The van der Waals surface area contributed by atoms with Gasteiger partial charge in [-0.25, -0.2) is 4.57 Å². The number of ether oxygens (including phenoxy) is 2. The van der Waals surface area contributed by atoms with E-state index in [0.29, 0.717) is 24.1 Å². The Morgan fingerprint density at radius 3 is 0.943 bits per heavy atom. The van der Waals surface area contributed by atoms with Gasteiger partial charge in [0.2, 0.25) is 0 Å². The van der Waals surface area contributed by atoms with Gasteiger partial charge in [-0.1, -0.05) is 309 Å². The maximum atomic E-state index is 12.8. The molecular formula is C61H125NO7P+. The van der Waals surface area contributed by atoms with Crippen LogP contribution in [-0.2, 0) is 27.9 Å². The number of esters is 1. The average molecular weight is 1020 g/mol. The van der Waals surface area contributed by atoms with E-state index in [0.717, 1.165) is 32.1 Å². The number of phosphoric ester groups is 1. The molecular weight excluding hydrogens is 890 g/mol. The number of unbranched alkanes of at least 4 members (excludes halogenated alkanes) is 46. The van der Waals surface area contributed by atoms with Crippen LogP contribution >= 0.6 is 7.82 Å². The minimum absolute atomic E-state index is 0.0946. The highest BCUT2D eigenvalue weighted by Gasteiger charge is 2.26. The first-order valence-electron chi connectivity index (χ1n) is 31.3. The molecule has 0 fully saturated rings. The number of carbonyl (C=O) groups excluding carboxylic acids is 1. The Morgan fingerprint density at radius 2 is 0.657 bits per heavy atom. The Morgan fingerprint density at radius 1 is 0.386 bits per heavy atom. The third kappa shape index (κ3) is 58.4. The van der Waals surface area contributed by atoms with E-state index in [1.54, 1.807) is 0 Å². The molecule has 0 aliphatic carbocycles. The van der Waals surface area contributed by atoms with Crippen LogP contribution in [0.2, 0.25) is 0 Å². The Hall–Kier alpha value is -0.500. The Bertz CT molecular complexity index is 1090. The van der Waals surface area contributed by atoms with Crippen LogP contribution in [0.3, 0.4) is 0 Å². The van der Waals surface area contributed by atoms with Crippen LogP contribution in [0.4, 0.5) is 0 Å². The highest BCUT2D eigenvalue weighted by Crippen LogP contribution is 2.43. The molecule has 420 valence electrons. The fourth-order valence-electron chi connectivity index (χ4n) is 9.62. The van der Waals surface area contributed by atoms with E-state index in [1.165, 1.54) is 276 Å². The normalized spacial score (nSPS) is 13.3. The minimum atomic E-state index is -4.28. The van der Waals surface area contributed by atoms with E-state index >= 15 is 0 Å². The molecule has 0 saturated heterocycles. The summed E-state index contributed by atoms with van der Waals surface area (Å²) in [6.07, 6.45) is 64.7. The lowest BCUT2D eigenvalue weighted by Gasteiger charge is -2.24. The molecule has 0 bridgehead atoms. The molecule has 2 atom stereocenters. The van der Waals surface area contributed by atoms with Crippen molar-refractivity contribution in [3.8, 4) is 0 Å². The van der Waals surface area contributed by atoms with Crippen molar-refractivity contribution in [1.29, 1.82) is 0 Å². The van der Waals surface area contributed by atoms with Crippen molar-refractivity contribution >= 4 is 13.8 Å². The predicted octanol–water partition coefficient (Wildman–Crippen LogP) is 19.9. The Labute approximate surface area is 438 Å². The molecule has 8 nitrogen and oxygen atoms in total. The number of phosphoric acid groups is 1. The van der Waals surface area contributed by atoms with Gasteiger partial charge in [0, 0.05) is 13.0 Å². The standard InChI is InChI=1S/C61H124NO7P/c1-6-8-10-12-14-16-18-20-22-24-26-28-29-30-31-32-33-34-35-36-38-40-42-44-46-48-50-52-54-61(63)69-60(59-68-70(64,65)67-57-55-62(3,4)5)58-66-56-53-51-49-47-45-43-41-39-37-27-25-23-21-19-17-15-13-11-9-7-2/h60H,6-59H2,1-5H3/p+1/t60-/m1/s1. The van der Waals surface area contributed by atoms with Crippen molar-refractivity contribution in [2.24, 2.45) is 0 Å². The summed E-state index contributed by atoms with van der Waals surface area (Å²) in [5, 5.41) is 0. The first-order valence-corrected chi connectivity index (χ1v) is 32.8. The van der Waals surface area contributed by atoms with Crippen molar-refractivity contribution in [3.63, 3.8) is 0 Å². The zero-order chi connectivity index (χ0) is 51.2. The Kier molecular flexibility index (Phi) is 54.4. The molecule has 0 aliphatic rings. The van der Waals surface area contributed by atoms with E-state index < -0.39 is 13.9 Å². The maximum absolute atomic E-state index is 12.8. The molecule has 0 heterocycles. The van der Waals surface area contributed by atoms with E-state index in [1.807, 2.05) is 21.1 Å². The van der Waals surface area contributed by atoms with Crippen molar-refractivity contribution in [2.45, 2.75) is 335 Å². The highest BCUT2D eigenvalue weighted by atomic mass is 31.2. The molecule has 0 amide bonds. The number of likely N-dealkylation sites (N-methyl/N-ethyl adjacent to an activating group) is 1. The smallest absolute Gasteiger partial charge is 0.457 e. The quantitative estimate of drug-likeness (QED) is 0.0281. The zero-order valence-corrected chi connectivity index (χ0v) is 48.9. The van der Waals surface area contributed by atoms with Crippen LogP contribution in [0.5, 0.6) is 0 Å². The van der Waals surface area contributed by atoms with E-state index in [2.05, 4.69) is 13.8 Å². The van der Waals surface area contributed by atoms with Crippen molar-refractivity contribution in [3.05, 3.63) is 0 Å². The lowest BCUT2D eigenvalue weighted by Crippen LogP contribution is -2.37. The molecule has 0 spiro atoms. The average Bonchev–Trinajstić information content (AvgIpc) is 3.32. The number of hydrogen-bond acceptors (Lipinski definition) is 6. The Balaban J connectivity index is 3.94. The van der Waals surface area contributed by atoms with Crippen LogP contribution < -0.4 is 0 Å². The molecule has 0 aromatic carbocycles. The fourth-order valence-corrected chi connectivity index (χ4v) is 10.4. The topological polar surface area (TPSA) is 91.3 Å². The second kappa shape index (κ2) is 54.8. The zero-order valence-electron chi connectivity index (χ0n) is 48.1. The van der Waals surface area contributed by atoms with Crippen LogP contribution in [0.25, 0.3) is 0 Å². The second-order valence-corrected chi connectivity index (χ2v) is 24.3. The molecule has 9 heteroatoms. The molecule has 0 saturated carbocycles. The van der Waals surface area contributed by atoms with Crippen molar-refractivity contribution in [2.75, 3.05) is 54.1 Å². The highest BCUT2D eigenvalue weighted by molar-refractivity contribution is 7.47. The summed E-state index contributed by atoms with van der Waals surface area (Å²) in [4.78, 5) is 23.1. The first kappa shape index (κ1) is 69.5. The van der Waals surface area contributed by atoms with Crippen LogP contribution in [0.1, 0.15) is 328 Å². The summed E-state index contributed by atoms with van der Waals surface area (Å²) in [6, 6.07) is 0. The van der Waals surface area contributed by atoms with Gasteiger partial charge in [0.25, 0.3) is 0 Å². The van der Waals surface area contributed by atoms with Gasteiger partial charge >= 0.3 is 13.8 Å². The molecule has 1 N–H and O–H groups in total. The SMILES string of the molecule is CCCCCCCCCCCCCCCCCCCCCCCCCCCCCCC(=O)O[C@H](COCCCCCCCCCCCCCCCCCCCCCC)COP(=O)(O)OCC[N+](C)(C)C. The van der Waals surface area contributed by atoms with Crippen molar-refractivity contribution < 1.29 is 37.3 Å². The van der Waals surface area contributed by atoms with Gasteiger partial charge in [-0.3, -0.25) is 13.8 Å². The van der Waals surface area contributed by atoms with Gasteiger partial charge in [0.1, 0.15) is 19.3 Å². The third-order valence-electron chi connectivity index (χ3n) is 14.4. The van der Waals surface area contributed by atoms with Gasteiger partial charge in [0.05, 0.1) is 34.4 Å². The molecule has 70 heavy (non-hydrogen) atoms. The van der Waals surface area contributed by atoms with Gasteiger partial charge < -0.3 is 18.9 Å². The minimum Gasteiger partial charge on any atom is -0.457 e. The van der Waals surface area contributed by atoms with Gasteiger partial charge in [-0.05, 0) is 12.8 Å². The molecule has 0 rings (SSSR count). The monoisotopic (exact) mass is 1010 g/mol. The summed E-state index contributed by atoms with van der Waals surface area (Å²) >= 11 is 0. The number of carbonyl (C=O) groups is 1. The second-order valence-electron chi connectivity index (χ2n) is 22.8. The van der Waals surface area contributed by atoms with Crippen LogP contribution in [0, 0.1) is 0 Å². The first-order chi connectivity index (χ1) is 34.1. The number of hydrogen-bond donors (Lipinski definition) is 1. The van der Waals surface area contributed by atoms with E-state index in [-0.39, 0.29) is 25.8 Å². The number of quaternary nitrogens is 1. The van der Waals surface area contributed by atoms with E-state index in [9.17, 15) is 14.3 Å². The van der Waals surface area contributed by atoms with Crippen molar-refractivity contribution in [1.82, 2.24) is 0 Å². The largest absolute Gasteiger partial charge is 0.472 e. The van der Waals surface area contributed by atoms with Gasteiger partial charge in [-0.2, -0.15) is 0 Å². The lowest BCUT2D eigenvalue weighted by atomic mass is 10.0. The molecule has 0 aliphatic heterocycles. The maximum Gasteiger partial charge on any atom is 0.472 e. The lowest BCUT2D eigenvalue weighted by molar-refractivity contribution is -0.870. The van der Waals surface area contributed by atoms with E-state index in [4.69, 9.17) is 18.5 Å². The molecule has 0 aromatic heterocycles. The summed E-state index contributed by atoms with van der Waals surface area (Å²) in [6.45, 7) is 5.73. The summed E-state index contributed by atoms with van der Waals surface area (Å²) in [5.41, 5.74) is 0. The van der Waals surface area contributed by atoms with Gasteiger partial charge in [0.15, 0.2) is 0 Å². The fraction of sp³-hybridized carbons (Fsp3) is 0.984. The van der Waals surface area contributed by atoms with Crippen LogP contribution in [-0.4, -0.2) is 75.6 Å². The predicted molar refractivity (Wildman–Crippen MR) is 303 cm³/mol.